The minimum absolute atomic E-state index is 0.0353. The van der Waals surface area contributed by atoms with E-state index in [1.165, 1.54) is 19.2 Å². The highest BCUT2D eigenvalue weighted by Gasteiger charge is 2.19. The van der Waals surface area contributed by atoms with Gasteiger partial charge in [0.15, 0.2) is 0 Å². The maximum Gasteiger partial charge on any atom is 0.273 e. The quantitative estimate of drug-likeness (QED) is 0.577. The topological polar surface area (TPSA) is 107 Å². The fraction of sp³-hybridized carbons (Fsp3) is 0.462. The van der Waals surface area contributed by atoms with E-state index in [-0.39, 0.29) is 11.6 Å². The Balaban J connectivity index is 2.89. The molecule has 1 aromatic carbocycles. The van der Waals surface area contributed by atoms with Gasteiger partial charge in [0.05, 0.1) is 24.1 Å². The van der Waals surface area contributed by atoms with E-state index in [0.29, 0.717) is 17.9 Å². The highest BCUT2D eigenvalue weighted by Crippen LogP contribution is 2.22. The van der Waals surface area contributed by atoms with Gasteiger partial charge in [-0.25, -0.2) is 0 Å². The Morgan fingerprint density at radius 1 is 1.45 bits per heavy atom. The van der Waals surface area contributed by atoms with Crippen molar-refractivity contribution < 1.29 is 14.5 Å². The highest BCUT2D eigenvalue weighted by atomic mass is 16.6. The Morgan fingerprint density at radius 3 is 2.55 bits per heavy atom. The van der Waals surface area contributed by atoms with Crippen molar-refractivity contribution >= 4 is 11.6 Å². The van der Waals surface area contributed by atoms with Crippen LogP contribution in [0.3, 0.4) is 0 Å². The molecule has 0 aromatic heterocycles. The number of carbonyl (C=O) groups is 1. The second kappa shape index (κ2) is 6.85. The molecule has 1 unspecified atom stereocenters. The van der Waals surface area contributed by atoms with Gasteiger partial charge < -0.3 is 15.8 Å². The molecule has 0 aliphatic heterocycles. The first-order valence-electron chi connectivity index (χ1n) is 6.20. The SMILES string of the molecule is COc1cc(CNC(C(N)=O)C(C)C)cc([N+](=O)[O-])c1. The molecule has 1 amide bonds. The smallest absolute Gasteiger partial charge is 0.273 e. The van der Waals surface area contributed by atoms with Crippen LogP contribution < -0.4 is 15.8 Å². The molecule has 3 N–H and O–H groups in total. The minimum Gasteiger partial charge on any atom is -0.496 e. The van der Waals surface area contributed by atoms with Crippen molar-refractivity contribution in [2.24, 2.45) is 11.7 Å². The fourth-order valence-corrected chi connectivity index (χ4v) is 1.86. The van der Waals surface area contributed by atoms with Crippen LogP contribution in [0.15, 0.2) is 18.2 Å². The lowest BCUT2D eigenvalue weighted by molar-refractivity contribution is -0.385. The first kappa shape index (κ1) is 15.9. The summed E-state index contributed by atoms with van der Waals surface area (Å²) in [5, 5.41) is 13.8. The van der Waals surface area contributed by atoms with Crippen LogP contribution in [0, 0.1) is 16.0 Å². The third-order valence-electron chi connectivity index (χ3n) is 2.90. The summed E-state index contributed by atoms with van der Waals surface area (Å²) < 4.78 is 5.02. The molecular weight excluding hydrogens is 262 g/mol. The highest BCUT2D eigenvalue weighted by molar-refractivity contribution is 5.80. The van der Waals surface area contributed by atoms with Gasteiger partial charge in [0, 0.05) is 12.6 Å². The van der Waals surface area contributed by atoms with Gasteiger partial charge in [-0.15, -0.1) is 0 Å². The molecule has 0 aliphatic rings. The van der Waals surface area contributed by atoms with Gasteiger partial charge in [-0.3, -0.25) is 14.9 Å². The maximum atomic E-state index is 11.3. The number of non-ortho nitro benzene ring substituents is 1. The maximum absolute atomic E-state index is 11.3. The number of rotatable bonds is 7. The van der Waals surface area contributed by atoms with E-state index < -0.39 is 16.9 Å². The lowest BCUT2D eigenvalue weighted by Gasteiger charge is -2.19. The Hall–Kier alpha value is -2.15. The molecule has 7 heteroatoms. The standard InChI is InChI=1S/C13H19N3O4/c1-8(2)12(13(14)17)15-7-9-4-10(16(18)19)6-11(5-9)20-3/h4-6,8,12,15H,7H2,1-3H3,(H2,14,17). The predicted octanol–water partition coefficient (Wildman–Crippen LogP) is 1.20. The lowest BCUT2D eigenvalue weighted by atomic mass is 10.0. The molecule has 1 aromatic rings. The van der Waals surface area contributed by atoms with Crippen LogP contribution in [0.5, 0.6) is 5.75 Å². The van der Waals surface area contributed by atoms with Crippen LogP contribution in [0.1, 0.15) is 19.4 Å². The number of nitro groups is 1. The van der Waals surface area contributed by atoms with E-state index >= 15 is 0 Å². The summed E-state index contributed by atoms with van der Waals surface area (Å²) in [5.74, 6) is -0.0124. The molecule has 0 aliphatic carbocycles. The molecule has 0 saturated carbocycles. The first-order chi connectivity index (χ1) is 9.35. The van der Waals surface area contributed by atoms with E-state index in [1.807, 2.05) is 13.8 Å². The number of nitrogens with zero attached hydrogens (tertiary/aromatic N) is 1. The number of ether oxygens (including phenoxy) is 1. The van der Waals surface area contributed by atoms with Gasteiger partial charge in [-0.05, 0) is 17.5 Å². The lowest BCUT2D eigenvalue weighted by Crippen LogP contribution is -2.44. The average molecular weight is 281 g/mol. The second-order valence-electron chi connectivity index (χ2n) is 4.80. The number of benzene rings is 1. The number of methoxy groups -OCH3 is 1. The number of primary amides is 1. The number of nitrogens with two attached hydrogens (primary N) is 1. The second-order valence-corrected chi connectivity index (χ2v) is 4.80. The van der Waals surface area contributed by atoms with Crippen LogP contribution in [0.25, 0.3) is 0 Å². The summed E-state index contributed by atoms with van der Waals surface area (Å²) in [6.07, 6.45) is 0. The molecule has 0 fully saturated rings. The van der Waals surface area contributed by atoms with E-state index in [9.17, 15) is 14.9 Å². The van der Waals surface area contributed by atoms with Crippen LogP contribution >= 0.6 is 0 Å². The Kier molecular flexibility index (Phi) is 5.45. The minimum atomic E-state index is -0.486. The molecule has 1 rings (SSSR count). The number of carbonyl (C=O) groups excluding carboxylic acids is 1. The predicted molar refractivity (Wildman–Crippen MR) is 74.3 cm³/mol. The van der Waals surface area contributed by atoms with Crippen molar-refractivity contribution in [2.75, 3.05) is 7.11 Å². The van der Waals surface area contributed by atoms with Crippen LogP contribution in [0.2, 0.25) is 0 Å². The molecule has 0 radical (unpaired) electrons. The van der Waals surface area contributed by atoms with E-state index in [1.54, 1.807) is 6.07 Å². The number of nitrogens with one attached hydrogen (secondary N) is 1. The monoisotopic (exact) mass is 281 g/mol. The largest absolute Gasteiger partial charge is 0.496 e. The molecule has 0 saturated heterocycles. The third-order valence-corrected chi connectivity index (χ3v) is 2.90. The summed E-state index contributed by atoms with van der Waals surface area (Å²) in [7, 11) is 1.44. The summed E-state index contributed by atoms with van der Waals surface area (Å²) in [5.41, 5.74) is 5.90. The summed E-state index contributed by atoms with van der Waals surface area (Å²) in [6.45, 7) is 4.04. The van der Waals surface area contributed by atoms with Gasteiger partial charge in [0.1, 0.15) is 5.75 Å². The average Bonchev–Trinajstić information content (AvgIpc) is 2.37. The molecule has 1 atom stereocenters. The molecular formula is C13H19N3O4. The normalized spacial score (nSPS) is 12.2. The number of amides is 1. The van der Waals surface area contributed by atoms with Crippen molar-refractivity contribution in [3.8, 4) is 5.75 Å². The van der Waals surface area contributed by atoms with E-state index in [2.05, 4.69) is 5.32 Å². The zero-order valence-electron chi connectivity index (χ0n) is 11.8. The summed E-state index contributed by atoms with van der Waals surface area (Å²) >= 11 is 0. The van der Waals surface area contributed by atoms with Gasteiger partial charge >= 0.3 is 0 Å². The fourth-order valence-electron chi connectivity index (χ4n) is 1.86. The first-order valence-corrected chi connectivity index (χ1v) is 6.20. The van der Waals surface area contributed by atoms with Crippen molar-refractivity contribution in [1.29, 1.82) is 0 Å². The number of hydrogen-bond donors (Lipinski definition) is 2. The Bertz CT molecular complexity index is 502. The van der Waals surface area contributed by atoms with Crippen molar-refractivity contribution in [2.45, 2.75) is 26.4 Å². The van der Waals surface area contributed by atoms with Crippen LogP contribution in [-0.2, 0) is 11.3 Å². The van der Waals surface area contributed by atoms with Gasteiger partial charge in [-0.2, -0.15) is 0 Å². The zero-order valence-corrected chi connectivity index (χ0v) is 11.8. The molecule has 0 bridgehead atoms. The Labute approximate surface area is 117 Å². The van der Waals surface area contributed by atoms with Crippen molar-refractivity contribution in [3.63, 3.8) is 0 Å². The Morgan fingerprint density at radius 2 is 2.10 bits per heavy atom. The van der Waals surface area contributed by atoms with Gasteiger partial charge in [0.25, 0.3) is 5.69 Å². The third kappa shape index (κ3) is 4.20. The summed E-state index contributed by atoms with van der Waals surface area (Å²) in [4.78, 5) is 21.6. The number of nitro benzene ring substituents is 1. The molecule has 0 spiro atoms. The van der Waals surface area contributed by atoms with E-state index in [0.717, 1.165) is 0 Å². The molecule has 110 valence electrons. The van der Waals surface area contributed by atoms with Gasteiger partial charge in [-0.1, -0.05) is 13.8 Å². The van der Waals surface area contributed by atoms with E-state index in [4.69, 9.17) is 10.5 Å². The summed E-state index contributed by atoms with van der Waals surface area (Å²) in [6, 6.07) is 3.98. The van der Waals surface area contributed by atoms with Gasteiger partial charge in [0.2, 0.25) is 5.91 Å². The van der Waals surface area contributed by atoms with Crippen molar-refractivity contribution in [3.05, 3.63) is 33.9 Å². The van der Waals surface area contributed by atoms with Crippen LogP contribution in [0.4, 0.5) is 5.69 Å². The van der Waals surface area contributed by atoms with Crippen LogP contribution in [-0.4, -0.2) is 24.0 Å². The van der Waals surface area contributed by atoms with Crippen molar-refractivity contribution in [1.82, 2.24) is 5.32 Å². The molecule has 20 heavy (non-hydrogen) atoms. The molecule has 7 nitrogen and oxygen atoms in total. The molecule has 0 heterocycles. The zero-order chi connectivity index (χ0) is 15.3. The number of hydrogen-bond acceptors (Lipinski definition) is 5.